The van der Waals surface area contributed by atoms with Crippen molar-refractivity contribution in [3.8, 4) is 5.75 Å². The summed E-state index contributed by atoms with van der Waals surface area (Å²) in [5.41, 5.74) is 1.12. The summed E-state index contributed by atoms with van der Waals surface area (Å²) >= 11 is 1.66. The van der Waals surface area contributed by atoms with E-state index in [-0.39, 0.29) is 0 Å². The number of nitrogens with zero attached hydrogens (tertiary/aromatic N) is 4. The maximum absolute atomic E-state index is 5.48. The Kier molecular flexibility index (Phi) is 4.15. The van der Waals surface area contributed by atoms with Gasteiger partial charge in [-0.15, -0.1) is 16.8 Å². The maximum Gasteiger partial charge on any atom is 0.232 e. The number of hydrogen-bond donors (Lipinski definition) is 0. The number of anilines is 2. The standard InChI is InChI=1S/C15H18N4OS/c1-3-11-21-15-17-16-14-18(9-10-19(14)15)12-5-7-13(8-6-12)20-4-2/h3,5-8H,1,4,9-11H2,2H3. The van der Waals surface area contributed by atoms with Crippen LogP contribution >= 0.6 is 11.8 Å². The molecule has 1 aliphatic rings. The number of fused-ring (bicyclic) bond motifs is 1. The number of aromatic nitrogens is 3. The molecule has 2 heterocycles. The zero-order valence-electron chi connectivity index (χ0n) is 12.0. The van der Waals surface area contributed by atoms with Crippen molar-refractivity contribution in [1.29, 1.82) is 0 Å². The van der Waals surface area contributed by atoms with Gasteiger partial charge in [-0.05, 0) is 31.2 Å². The maximum atomic E-state index is 5.48. The van der Waals surface area contributed by atoms with Gasteiger partial charge in [0, 0.05) is 24.5 Å². The minimum Gasteiger partial charge on any atom is -0.494 e. The average Bonchev–Trinajstić information content (AvgIpc) is 3.08. The Morgan fingerprint density at radius 1 is 1.29 bits per heavy atom. The quantitative estimate of drug-likeness (QED) is 0.606. The van der Waals surface area contributed by atoms with Crippen LogP contribution in [0, 0.1) is 0 Å². The largest absolute Gasteiger partial charge is 0.494 e. The van der Waals surface area contributed by atoms with Gasteiger partial charge in [0.25, 0.3) is 0 Å². The van der Waals surface area contributed by atoms with Gasteiger partial charge in [0.05, 0.1) is 6.61 Å². The van der Waals surface area contributed by atoms with Crippen LogP contribution in [0.15, 0.2) is 42.1 Å². The molecular formula is C15H18N4OS. The smallest absolute Gasteiger partial charge is 0.232 e. The van der Waals surface area contributed by atoms with E-state index in [9.17, 15) is 0 Å². The molecular weight excluding hydrogens is 284 g/mol. The van der Waals surface area contributed by atoms with Crippen molar-refractivity contribution in [3.05, 3.63) is 36.9 Å². The second-order valence-electron chi connectivity index (χ2n) is 4.61. The molecule has 0 spiro atoms. The lowest BCUT2D eigenvalue weighted by Crippen LogP contribution is -2.14. The molecule has 2 aromatic rings. The number of rotatable bonds is 6. The molecule has 1 aromatic carbocycles. The Morgan fingerprint density at radius 3 is 2.81 bits per heavy atom. The highest BCUT2D eigenvalue weighted by atomic mass is 32.2. The van der Waals surface area contributed by atoms with Crippen molar-refractivity contribution >= 4 is 23.4 Å². The van der Waals surface area contributed by atoms with Crippen molar-refractivity contribution in [2.45, 2.75) is 18.6 Å². The molecule has 0 saturated carbocycles. The molecule has 1 aromatic heterocycles. The van der Waals surface area contributed by atoms with Gasteiger partial charge >= 0.3 is 0 Å². The third-order valence-electron chi connectivity index (χ3n) is 3.28. The lowest BCUT2D eigenvalue weighted by atomic mass is 10.3. The van der Waals surface area contributed by atoms with Gasteiger partial charge in [-0.2, -0.15) is 0 Å². The Bertz CT molecular complexity index is 623. The van der Waals surface area contributed by atoms with Gasteiger partial charge in [0.2, 0.25) is 5.95 Å². The van der Waals surface area contributed by atoms with Crippen molar-refractivity contribution in [2.24, 2.45) is 0 Å². The minimum atomic E-state index is 0.682. The van der Waals surface area contributed by atoms with Crippen LogP contribution in [0.3, 0.4) is 0 Å². The second kappa shape index (κ2) is 6.22. The fourth-order valence-electron chi connectivity index (χ4n) is 2.35. The Hall–Kier alpha value is -1.95. The Morgan fingerprint density at radius 2 is 2.10 bits per heavy atom. The molecule has 0 saturated heterocycles. The van der Waals surface area contributed by atoms with Crippen molar-refractivity contribution in [3.63, 3.8) is 0 Å². The molecule has 0 bridgehead atoms. The first kappa shape index (κ1) is 14.0. The summed E-state index contributed by atoms with van der Waals surface area (Å²) in [5.74, 6) is 2.65. The molecule has 1 aliphatic heterocycles. The zero-order valence-corrected chi connectivity index (χ0v) is 12.8. The monoisotopic (exact) mass is 302 g/mol. The van der Waals surface area contributed by atoms with Crippen LogP contribution < -0.4 is 9.64 Å². The molecule has 0 radical (unpaired) electrons. The van der Waals surface area contributed by atoms with E-state index in [1.807, 2.05) is 25.1 Å². The summed E-state index contributed by atoms with van der Waals surface area (Å²) in [6.45, 7) is 8.24. The molecule has 0 fully saturated rings. The van der Waals surface area contributed by atoms with Crippen molar-refractivity contribution < 1.29 is 4.74 Å². The van der Waals surface area contributed by atoms with Crippen LogP contribution in [0.5, 0.6) is 5.75 Å². The number of benzene rings is 1. The highest BCUT2D eigenvalue weighted by Crippen LogP contribution is 2.32. The minimum absolute atomic E-state index is 0.682. The van der Waals surface area contributed by atoms with Gasteiger partial charge in [-0.1, -0.05) is 17.8 Å². The number of ether oxygens (including phenoxy) is 1. The van der Waals surface area contributed by atoms with E-state index in [0.29, 0.717) is 6.61 Å². The molecule has 0 N–H and O–H groups in total. The highest BCUT2D eigenvalue weighted by molar-refractivity contribution is 7.99. The molecule has 0 atom stereocenters. The predicted octanol–water partition coefficient (Wildman–Crippen LogP) is 3.11. The summed E-state index contributed by atoms with van der Waals surface area (Å²) in [5, 5.41) is 9.54. The van der Waals surface area contributed by atoms with E-state index in [1.165, 1.54) is 0 Å². The van der Waals surface area contributed by atoms with Gasteiger partial charge < -0.3 is 9.64 Å². The Labute approximate surface area is 128 Å². The lowest BCUT2D eigenvalue weighted by Gasteiger charge is -2.15. The first-order valence-corrected chi connectivity index (χ1v) is 7.99. The first-order chi connectivity index (χ1) is 10.3. The topological polar surface area (TPSA) is 43.2 Å². The second-order valence-corrected chi connectivity index (χ2v) is 5.60. The third kappa shape index (κ3) is 2.76. The first-order valence-electron chi connectivity index (χ1n) is 7.00. The van der Waals surface area contributed by atoms with Crippen LogP contribution in [0.25, 0.3) is 0 Å². The normalized spacial score (nSPS) is 13.3. The molecule has 5 nitrogen and oxygen atoms in total. The fraction of sp³-hybridized carbons (Fsp3) is 0.333. The van der Waals surface area contributed by atoms with Crippen LogP contribution in [-0.4, -0.2) is 33.7 Å². The zero-order chi connectivity index (χ0) is 14.7. The van der Waals surface area contributed by atoms with Crippen LogP contribution in [0.2, 0.25) is 0 Å². The number of thioether (sulfide) groups is 1. The van der Waals surface area contributed by atoms with Gasteiger partial charge in [0.1, 0.15) is 5.75 Å². The van der Waals surface area contributed by atoms with E-state index in [1.54, 1.807) is 11.8 Å². The van der Waals surface area contributed by atoms with Crippen LogP contribution in [0.1, 0.15) is 6.92 Å². The van der Waals surface area contributed by atoms with Crippen molar-refractivity contribution in [2.75, 3.05) is 23.8 Å². The molecule has 0 amide bonds. The van der Waals surface area contributed by atoms with Gasteiger partial charge in [-0.25, -0.2) is 0 Å². The van der Waals surface area contributed by atoms with E-state index in [2.05, 4.69) is 38.4 Å². The predicted molar refractivity (Wildman–Crippen MR) is 85.6 cm³/mol. The molecule has 21 heavy (non-hydrogen) atoms. The summed E-state index contributed by atoms with van der Waals surface area (Å²) in [7, 11) is 0. The van der Waals surface area contributed by atoms with E-state index in [4.69, 9.17) is 4.74 Å². The molecule has 0 unspecified atom stereocenters. The fourth-order valence-corrected chi connectivity index (χ4v) is 3.04. The van der Waals surface area contributed by atoms with E-state index >= 15 is 0 Å². The summed E-state index contributed by atoms with van der Waals surface area (Å²) in [4.78, 5) is 2.18. The van der Waals surface area contributed by atoms with Gasteiger partial charge in [0.15, 0.2) is 5.16 Å². The van der Waals surface area contributed by atoms with Crippen LogP contribution in [0.4, 0.5) is 11.6 Å². The van der Waals surface area contributed by atoms with Crippen molar-refractivity contribution in [1.82, 2.24) is 14.8 Å². The molecule has 6 heteroatoms. The third-order valence-corrected chi connectivity index (χ3v) is 4.24. The lowest BCUT2D eigenvalue weighted by molar-refractivity contribution is 0.340. The van der Waals surface area contributed by atoms with E-state index < -0.39 is 0 Å². The summed E-state index contributed by atoms with van der Waals surface area (Å²) in [6, 6.07) is 8.11. The summed E-state index contributed by atoms with van der Waals surface area (Å²) < 4.78 is 7.63. The van der Waals surface area contributed by atoms with Gasteiger partial charge in [-0.3, -0.25) is 4.57 Å². The SMILES string of the molecule is C=CCSc1nnc2n1CCN2c1ccc(OCC)cc1. The average molecular weight is 302 g/mol. The van der Waals surface area contributed by atoms with Crippen LogP contribution in [-0.2, 0) is 6.54 Å². The Balaban J connectivity index is 1.80. The molecule has 110 valence electrons. The molecule has 0 aliphatic carbocycles. The summed E-state index contributed by atoms with van der Waals surface area (Å²) in [6.07, 6.45) is 1.88. The molecule has 3 rings (SSSR count). The van der Waals surface area contributed by atoms with E-state index in [0.717, 1.165) is 41.4 Å². The number of hydrogen-bond acceptors (Lipinski definition) is 5. The highest BCUT2D eigenvalue weighted by Gasteiger charge is 2.25.